The van der Waals surface area contributed by atoms with Crippen LogP contribution in [0.1, 0.15) is 33.9 Å². The Bertz CT molecular complexity index is 640. The van der Waals surface area contributed by atoms with Gasteiger partial charge in [-0.2, -0.15) is 0 Å². The van der Waals surface area contributed by atoms with E-state index in [1.807, 2.05) is 43.1 Å². The fourth-order valence-corrected chi connectivity index (χ4v) is 3.10. The van der Waals surface area contributed by atoms with E-state index < -0.39 is 0 Å². The molecule has 0 aliphatic carbocycles. The smallest absolute Gasteiger partial charge is 0.350 e. The van der Waals surface area contributed by atoms with Crippen molar-refractivity contribution in [2.45, 2.75) is 19.9 Å². The predicted octanol–water partition coefficient (Wildman–Crippen LogP) is 4.09. The van der Waals surface area contributed by atoms with Crippen molar-refractivity contribution in [3.8, 4) is 0 Å². The van der Waals surface area contributed by atoms with Crippen LogP contribution in [-0.4, -0.2) is 25.1 Å². The van der Waals surface area contributed by atoms with E-state index in [-0.39, 0.29) is 12.0 Å². The predicted molar refractivity (Wildman–Crippen MR) is 86.5 cm³/mol. The zero-order valence-corrected chi connectivity index (χ0v) is 14.0. The van der Waals surface area contributed by atoms with Crippen LogP contribution in [0.5, 0.6) is 0 Å². The third-order valence-electron chi connectivity index (χ3n) is 3.39. The number of nitrogens with zero attached hydrogens (tertiary/aromatic N) is 2. The Hall–Kier alpha value is -1.59. The molecule has 112 valence electrons. The Labute approximate surface area is 133 Å². The molecule has 0 fully saturated rings. The van der Waals surface area contributed by atoms with Crippen molar-refractivity contribution in [1.82, 2.24) is 4.98 Å². The monoisotopic (exact) mass is 324 g/mol. The zero-order valence-electron chi connectivity index (χ0n) is 12.4. The van der Waals surface area contributed by atoms with Gasteiger partial charge >= 0.3 is 5.97 Å². The highest BCUT2D eigenvalue weighted by atomic mass is 35.5. The number of benzene rings is 1. The topological polar surface area (TPSA) is 42.4 Å². The maximum atomic E-state index is 11.7. The highest BCUT2D eigenvalue weighted by Crippen LogP contribution is 2.31. The van der Waals surface area contributed by atoms with Crippen LogP contribution in [0.3, 0.4) is 0 Å². The van der Waals surface area contributed by atoms with Crippen molar-refractivity contribution in [1.29, 1.82) is 0 Å². The number of anilines is 1. The minimum absolute atomic E-state index is 0.123. The first-order valence-electron chi connectivity index (χ1n) is 6.48. The molecular weight excluding hydrogens is 308 g/mol. The second kappa shape index (κ2) is 6.45. The first-order chi connectivity index (χ1) is 9.93. The molecule has 0 amide bonds. The fraction of sp³-hybridized carbons (Fsp3) is 0.333. The van der Waals surface area contributed by atoms with Crippen LogP contribution in [0.2, 0.25) is 5.02 Å². The van der Waals surface area contributed by atoms with Gasteiger partial charge in [-0.25, -0.2) is 9.78 Å². The summed E-state index contributed by atoms with van der Waals surface area (Å²) in [5.74, 6) is -0.344. The van der Waals surface area contributed by atoms with Crippen LogP contribution in [0, 0.1) is 6.92 Å². The number of hydrogen-bond donors (Lipinski definition) is 0. The minimum atomic E-state index is -0.344. The van der Waals surface area contributed by atoms with Gasteiger partial charge in [0.15, 0.2) is 5.13 Å². The van der Waals surface area contributed by atoms with Crippen molar-refractivity contribution in [2.24, 2.45) is 0 Å². The number of ether oxygens (including phenoxy) is 1. The van der Waals surface area contributed by atoms with E-state index in [4.69, 9.17) is 16.3 Å². The van der Waals surface area contributed by atoms with Gasteiger partial charge < -0.3 is 9.64 Å². The molecule has 0 spiro atoms. The van der Waals surface area contributed by atoms with Gasteiger partial charge in [-0.05, 0) is 31.5 Å². The van der Waals surface area contributed by atoms with E-state index in [0.29, 0.717) is 15.6 Å². The second-order valence-corrected chi connectivity index (χ2v) is 6.15. The molecule has 4 nitrogen and oxygen atoms in total. The Morgan fingerprint density at radius 2 is 2.00 bits per heavy atom. The highest BCUT2D eigenvalue weighted by Gasteiger charge is 2.20. The van der Waals surface area contributed by atoms with Gasteiger partial charge in [0.05, 0.1) is 18.8 Å². The Balaban J connectivity index is 2.25. The van der Waals surface area contributed by atoms with Gasteiger partial charge in [0.2, 0.25) is 0 Å². The number of rotatable bonds is 4. The van der Waals surface area contributed by atoms with Gasteiger partial charge in [-0.15, -0.1) is 0 Å². The van der Waals surface area contributed by atoms with E-state index in [9.17, 15) is 4.79 Å². The van der Waals surface area contributed by atoms with Gasteiger partial charge in [-0.1, -0.05) is 35.1 Å². The summed E-state index contributed by atoms with van der Waals surface area (Å²) in [6.07, 6.45) is 0. The Morgan fingerprint density at radius 1 is 1.38 bits per heavy atom. The first kappa shape index (κ1) is 15.8. The third kappa shape index (κ3) is 3.36. The molecule has 0 N–H and O–H groups in total. The number of halogens is 1. The average Bonchev–Trinajstić information content (AvgIpc) is 2.87. The van der Waals surface area contributed by atoms with E-state index in [1.165, 1.54) is 18.4 Å². The summed E-state index contributed by atoms with van der Waals surface area (Å²) in [4.78, 5) is 18.7. The van der Waals surface area contributed by atoms with Crippen LogP contribution in [0.25, 0.3) is 0 Å². The maximum Gasteiger partial charge on any atom is 0.350 e. The number of thiazole rings is 1. The van der Waals surface area contributed by atoms with Gasteiger partial charge in [-0.3, -0.25) is 0 Å². The minimum Gasteiger partial charge on any atom is -0.465 e. The van der Waals surface area contributed by atoms with E-state index in [0.717, 1.165) is 10.7 Å². The van der Waals surface area contributed by atoms with Crippen molar-refractivity contribution in [3.05, 3.63) is 45.4 Å². The fourth-order valence-electron chi connectivity index (χ4n) is 1.95. The first-order valence-corrected chi connectivity index (χ1v) is 7.67. The standard InChI is InChI=1S/C15H17ClN2O2S/c1-9-13(14(19)20-4)21-15(17-9)18(3)10(2)11-5-7-12(16)8-6-11/h5-8,10H,1-4H3. The van der Waals surface area contributed by atoms with Crippen molar-refractivity contribution in [2.75, 3.05) is 19.1 Å². The summed E-state index contributed by atoms with van der Waals surface area (Å²) in [5.41, 5.74) is 1.83. The lowest BCUT2D eigenvalue weighted by atomic mass is 10.1. The number of carbonyl (C=O) groups is 1. The largest absolute Gasteiger partial charge is 0.465 e. The van der Waals surface area contributed by atoms with Crippen molar-refractivity contribution in [3.63, 3.8) is 0 Å². The molecule has 0 saturated carbocycles. The van der Waals surface area contributed by atoms with Crippen LogP contribution in [0.15, 0.2) is 24.3 Å². The normalized spacial score (nSPS) is 12.0. The van der Waals surface area contributed by atoms with Crippen LogP contribution >= 0.6 is 22.9 Å². The molecule has 0 aliphatic rings. The highest BCUT2D eigenvalue weighted by molar-refractivity contribution is 7.17. The Kier molecular flexibility index (Phi) is 4.85. The summed E-state index contributed by atoms with van der Waals surface area (Å²) >= 11 is 7.25. The number of esters is 1. The molecule has 1 aromatic carbocycles. The summed E-state index contributed by atoms with van der Waals surface area (Å²) in [6, 6.07) is 7.84. The molecule has 1 aromatic heterocycles. The van der Waals surface area contributed by atoms with Crippen LogP contribution < -0.4 is 4.90 Å². The number of hydrogen-bond acceptors (Lipinski definition) is 5. The number of aryl methyl sites for hydroxylation is 1. The molecule has 0 aliphatic heterocycles. The van der Waals surface area contributed by atoms with Crippen LogP contribution in [0.4, 0.5) is 5.13 Å². The molecule has 1 unspecified atom stereocenters. The van der Waals surface area contributed by atoms with Crippen molar-refractivity contribution < 1.29 is 9.53 Å². The molecular formula is C15H17ClN2O2S. The molecule has 6 heteroatoms. The number of methoxy groups -OCH3 is 1. The maximum absolute atomic E-state index is 11.7. The molecule has 0 bridgehead atoms. The number of carbonyl (C=O) groups excluding carboxylic acids is 1. The quantitative estimate of drug-likeness (QED) is 0.794. The van der Waals surface area contributed by atoms with Gasteiger partial charge in [0.25, 0.3) is 0 Å². The van der Waals surface area contributed by atoms with Crippen LogP contribution in [-0.2, 0) is 4.74 Å². The van der Waals surface area contributed by atoms with Gasteiger partial charge in [0, 0.05) is 12.1 Å². The molecule has 2 rings (SSSR count). The van der Waals surface area contributed by atoms with Gasteiger partial charge in [0.1, 0.15) is 4.88 Å². The summed E-state index contributed by atoms with van der Waals surface area (Å²) in [5, 5.41) is 1.50. The lowest BCUT2D eigenvalue weighted by molar-refractivity contribution is 0.0605. The molecule has 1 heterocycles. The Morgan fingerprint density at radius 3 is 2.57 bits per heavy atom. The summed E-state index contributed by atoms with van der Waals surface area (Å²) in [6.45, 7) is 3.89. The molecule has 2 aromatic rings. The average molecular weight is 325 g/mol. The molecule has 21 heavy (non-hydrogen) atoms. The third-order valence-corrected chi connectivity index (χ3v) is 4.87. The van der Waals surface area contributed by atoms with E-state index in [2.05, 4.69) is 11.9 Å². The SMILES string of the molecule is COC(=O)c1sc(N(C)C(C)c2ccc(Cl)cc2)nc1C. The molecule has 1 atom stereocenters. The van der Waals surface area contributed by atoms with E-state index in [1.54, 1.807) is 0 Å². The van der Waals surface area contributed by atoms with E-state index >= 15 is 0 Å². The van der Waals surface area contributed by atoms with Crippen molar-refractivity contribution >= 4 is 34.0 Å². The lowest BCUT2D eigenvalue weighted by Crippen LogP contribution is -2.21. The lowest BCUT2D eigenvalue weighted by Gasteiger charge is -2.24. The molecule has 0 radical (unpaired) electrons. The zero-order chi connectivity index (χ0) is 15.6. The number of aromatic nitrogens is 1. The summed E-state index contributed by atoms with van der Waals surface area (Å²) < 4.78 is 4.77. The summed E-state index contributed by atoms with van der Waals surface area (Å²) in [7, 11) is 3.33. The second-order valence-electron chi connectivity index (χ2n) is 4.74. The molecule has 0 saturated heterocycles.